The van der Waals surface area contributed by atoms with Gasteiger partial charge in [-0.05, 0) is 25.1 Å². The SMILES string of the molecule is CN/C=C(\C=N)c1cccc(C(=O)Nc2ccc(Oc3ccnc(N)c3C(=N)N[C@H](C)CO)c(F)c2)[n+]1[O-]. The summed E-state index contributed by atoms with van der Waals surface area (Å²) in [5.74, 6) is -1.98. The number of amides is 1. The molecule has 0 bridgehead atoms. The van der Waals surface area contributed by atoms with Gasteiger partial charge in [-0.15, -0.1) is 0 Å². The third kappa shape index (κ3) is 6.20. The van der Waals surface area contributed by atoms with Gasteiger partial charge in [-0.3, -0.25) is 10.2 Å². The zero-order chi connectivity index (χ0) is 27.8. The van der Waals surface area contributed by atoms with Crippen LogP contribution in [0.15, 0.2) is 54.9 Å². The van der Waals surface area contributed by atoms with E-state index in [2.05, 4.69) is 20.9 Å². The van der Waals surface area contributed by atoms with E-state index in [0.29, 0.717) is 4.73 Å². The van der Waals surface area contributed by atoms with E-state index in [1.165, 1.54) is 48.8 Å². The van der Waals surface area contributed by atoms with Gasteiger partial charge in [-0.25, -0.2) is 9.37 Å². The van der Waals surface area contributed by atoms with E-state index in [4.69, 9.17) is 21.3 Å². The number of hydrogen-bond acceptors (Lipinski definition) is 9. The Balaban J connectivity index is 1.83. The summed E-state index contributed by atoms with van der Waals surface area (Å²) in [5.41, 5.74) is 6.14. The fraction of sp³-hybridized carbons (Fsp3) is 0.160. The molecule has 8 N–H and O–H groups in total. The van der Waals surface area contributed by atoms with Crippen molar-refractivity contribution in [2.45, 2.75) is 13.0 Å². The van der Waals surface area contributed by atoms with Crippen molar-refractivity contribution in [2.24, 2.45) is 0 Å². The third-order valence-corrected chi connectivity index (χ3v) is 5.20. The summed E-state index contributed by atoms with van der Waals surface area (Å²) in [6.45, 7) is 1.43. The first kappa shape index (κ1) is 27.5. The Labute approximate surface area is 217 Å². The average molecular weight is 523 g/mol. The summed E-state index contributed by atoms with van der Waals surface area (Å²) in [6.07, 6.45) is 3.76. The van der Waals surface area contributed by atoms with E-state index in [9.17, 15) is 19.5 Å². The van der Waals surface area contributed by atoms with E-state index < -0.39 is 17.8 Å². The van der Waals surface area contributed by atoms with E-state index in [1.54, 1.807) is 14.0 Å². The first-order chi connectivity index (χ1) is 18.2. The molecule has 3 rings (SSSR count). The van der Waals surface area contributed by atoms with E-state index in [1.807, 2.05) is 0 Å². The largest absolute Gasteiger partial charge is 0.618 e. The number of benzene rings is 1. The lowest BCUT2D eigenvalue weighted by Crippen LogP contribution is -2.40. The van der Waals surface area contributed by atoms with Crippen molar-refractivity contribution in [1.29, 1.82) is 10.8 Å². The number of pyridine rings is 2. The molecule has 0 fully saturated rings. The number of allylic oxidation sites excluding steroid dienone is 1. The molecule has 1 amide bonds. The molecule has 2 aromatic heterocycles. The number of nitrogens with one attached hydrogen (secondary N) is 5. The number of carbonyl (C=O) groups excluding carboxylic acids is 1. The van der Waals surface area contributed by atoms with E-state index in [-0.39, 0.29) is 58.0 Å². The summed E-state index contributed by atoms with van der Waals surface area (Å²) in [5, 5.41) is 45.7. The minimum atomic E-state index is -0.834. The molecule has 0 saturated carbocycles. The highest BCUT2D eigenvalue weighted by molar-refractivity contribution is 6.07. The summed E-state index contributed by atoms with van der Waals surface area (Å²) < 4.78 is 21.0. The molecule has 0 saturated heterocycles. The summed E-state index contributed by atoms with van der Waals surface area (Å²) in [7, 11) is 1.61. The van der Waals surface area contributed by atoms with Crippen molar-refractivity contribution in [3.05, 3.63) is 82.8 Å². The molecular formula is C25H27FN8O4. The zero-order valence-electron chi connectivity index (χ0n) is 20.6. The molecule has 0 aliphatic heterocycles. The van der Waals surface area contributed by atoms with Gasteiger partial charge in [0.25, 0.3) is 5.69 Å². The van der Waals surface area contributed by atoms with Crippen LogP contribution in [0, 0.1) is 21.8 Å². The van der Waals surface area contributed by atoms with Crippen molar-refractivity contribution < 1.29 is 23.8 Å². The van der Waals surface area contributed by atoms with Gasteiger partial charge in [0, 0.05) is 61.7 Å². The third-order valence-electron chi connectivity index (χ3n) is 5.20. The van der Waals surface area contributed by atoms with Gasteiger partial charge in [0.15, 0.2) is 11.6 Å². The molecule has 3 aromatic rings. The number of nitrogen functional groups attached to an aromatic ring is 1. The average Bonchev–Trinajstić information content (AvgIpc) is 2.89. The second-order valence-corrected chi connectivity index (χ2v) is 8.00. The molecule has 1 aromatic carbocycles. The predicted molar refractivity (Wildman–Crippen MR) is 141 cm³/mol. The van der Waals surface area contributed by atoms with Crippen molar-refractivity contribution in [3.63, 3.8) is 0 Å². The number of aromatic nitrogens is 2. The van der Waals surface area contributed by atoms with Crippen LogP contribution in [0.25, 0.3) is 5.57 Å². The molecule has 0 aliphatic carbocycles. The molecule has 0 radical (unpaired) electrons. The number of ether oxygens (including phenoxy) is 1. The highest BCUT2D eigenvalue weighted by Gasteiger charge is 2.22. The molecule has 0 unspecified atom stereocenters. The lowest BCUT2D eigenvalue weighted by Gasteiger charge is -2.17. The number of carbonyl (C=O) groups is 1. The number of amidine groups is 1. The number of rotatable bonds is 10. The van der Waals surface area contributed by atoms with E-state index in [0.717, 1.165) is 12.3 Å². The number of halogens is 1. The number of hydrogen-bond donors (Lipinski definition) is 7. The van der Waals surface area contributed by atoms with Gasteiger partial charge in [0.05, 0.1) is 12.2 Å². The van der Waals surface area contributed by atoms with E-state index >= 15 is 0 Å². The fourth-order valence-corrected chi connectivity index (χ4v) is 3.36. The Bertz CT molecular complexity index is 1400. The van der Waals surface area contributed by atoms with Gasteiger partial charge >= 0.3 is 5.91 Å². The Hall–Kier alpha value is -5.04. The predicted octanol–water partition coefficient (Wildman–Crippen LogP) is 1.99. The van der Waals surface area contributed by atoms with Gasteiger partial charge in [0.1, 0.15) is 23.0 Å². The zero-order valence-corrected chi connectivity index (χ0v) is 20.6. The van der Waals surface area contributed by atoms with Crippen molar-refractivity contribution in [2.75, 3.05) is 24.7 Å². The maximum atomic E-state index is 14.9. The van der Waals surface area contributed by atoms with Crippen LogP contribution in [0.3, 0.4) is 0 Å². The molecule has 12 nitrogen and oxygen atoms in total. The minimum absolute atomic E-state index is 0.0293. The second-order valence-electron chi connectivity index (χ2n) is 8.00. The lowest BCUT2D eigenvalue weighted by atomic mass is 10.1. The van der Waals surface area contributed by atoms with Crippen LogP contribution in [0.5, 0.6) is 11.5 Å². The topological polar surface area (TPSA) is 196 Å². The van der Waals surface area contributed by atoms with Crippen molar-refractivity contribution in [3.8, 4) is 11.5 Å². The molecule has 0 spiro atoms. The van der Waals surface area contributed by atoms with Crippen LogP contribution < -0.4 is 31.2 Å². The van der Waals surface area contributed by atoms with Gasteiger partial charge in [-0.1, -0.05) is 0 Å². The summed E-state index contributed by atoms with van der Waals surface area (Å²) in [6, 6.07) is 8.88. The number of aliphatic hydroxyl groups excluding tert-OH is 1. The maximum Gasteiger partial charge on any atom is 0.321 e. The smallest absolute Gasteiger partial charge is 0.321 e. The van der Waals surface area contributed by atoms with Gasteiger partial charge in [0.2, 0.25) is 5.69 Å². The van der Waals surface area contributed by atoms with Crippen LogP contribution in [0.1, 0.15) is 28.7 Å². The fourth-order valence-electron chi connectivity index (χ4n) is 3.36. The Morgan fingerprint density at radius 3 is 2.68 bits per heavy atom. The minimum Gasteiger partial charge on any atom is -0.618 e. The standard InChI is InChI=1S/C25H27FN8O4/c1-14(13-35)32-24(29)22-21(8-9-31-23(22)28)38-20-7-6-16(10-17(20)26)33-25(36)19-5-3-4-18(34(19)37)15(11-27)12-30-2/h3-12,14,27,30,35H,13H2,1-2H3,(H2,28,31)(H2,29,32)(H,33,36)/b15-12+,27-11?/t14-/m1/s1. The molecule has 0 aliphatic rings. The number of aliphatic hydroxyl groups is 1. The monoisotopic (exact) mass is 522 g/mol. The number of nitrogens with two attached hydrogens (primary N) is 1. The highest BCUT2D eigenvalue weighted by atomic mass is 19.1. The molecule has 2 heterocycles. The van der Waals surface area contributed by atoms with Crippen LogP contribution >= 0.6 is 0 Å². The lowest BCUT2D eigenvalue weighted by molar-refractivity contribution is -0.609. The number of anilines is 2. The first-order valence-electron chi connectivity index (χ1n) is 11.3. The number of nitrogens with zero attached hydrogens (tertiary/aromatic N) is 2. The molecule has 198 valence electrons. The quantitative estimate of drug-likeness (QED) is 0.0908. The van der Waals surface area contributed by atoms with Crippen LogP contribution in [0.2, 0.25) is 0 Å². The van der Waals surface area contributed by atoms with Crippen LogP contribution in [-0.4, -0.2) is 47.7 Å². The Kier molecular flexibility index (Phi) is 8.90. The van der Waals surface area contributed by atoms with Gasteiger partial charge in [-0.2, -0.15) is 4.73 Å². The van der Waals surface area contributed by atoms with Crippen molar-refractivity contribution in [1.82, 2.24) is 15.6 Å². The Morgan fingerprint density at radius 1 is 1.29 bits per heavy atom. The summed E-state index contributed by atoms with van der Waals surface area (Å²) >= 11 is 0. The molecule has 38 heavy (non-hydrogen) atoms. The molecular weight excluding hydrogens is 495 g/mol. The normalized spacial score (nSPS) is 11.8. The van der Waals surface area contributed by atoms with Gasteiger partial charge < -0.3 is 42.1 Å². The second kappa shape index (κ2) is 12.3. The summed E-state index contributed by atoms with van der Waals surface area (Å²) in [4.78, 5) is 16.7. The Morgan fingerprint density at radius 2 is 2.03 bits per heavy atom. The molecule has 13 heteroatoms. The molecule has 1 atom stereocenters. The van der Waals surface area contributed by atoms with Crippen LogP contribution in [-0.2, 0) is 0 Å². The maximum absolute atomic E-state index is 14.9. The van der Waals surface area contributed by atoms with Crippen LogP contribution in [0.4, 0.5) is 15.9 Å². The first-order valence-corrected chi connectivity index (χ1v) is 11.3. The highest BCUT2D eigenvalue weighted by Crippen LogP contribution is 2.31. The van der Waals surface area contributed by atoms with Crippen molar-refractivity contribution >= 4 is 35.0 Å².